The van der Waals surface area contributed by atoms with Crippen molar-refractivity contribution in [2.45, 2.75) is 37.9 Å². The van der Waals surface area contributed by atoms with Gasteiger partial charge in [0.25, 0.3) is 10.0 Å². The topological polar surface area (TPSA) is 117 Å². The van der Waals surface area contributed by atoms with Gasteiger partial charge in [-0.1, -0.05) is 13.8 Å². The van der Waals surface area contributed by atoms with Crippen LogP contribution >= 0.6 is 0 Å². The number of aliphatic hydroxyl groups is 1. The van der Waals surface area contributed by atoms with Crippen LogP contribution in [0.25, 0.3) is 0 Å². The molecule has 0 saturated heterocycles. The van der Waals surface area contributed by atoms with Crippen molar-refractivity contribution >= 4 is 16.0 Å². The molecule has 0 aliphatic heterocycles. The number of sulfonamides is 1. The molecule has 20 heavy (non-hydrogen) atoms. The summed E-state index contributed by atoms with van der Waals surface area (Å²) in [5.41, 5.74) is -1.19. The average molecular weight is 305 g/mol. The number of nitrogens with one attached hydrogen (secondary N) is 1. The molecular weight excluding hydrogens is 286 g/mol. The monoisotopic (exact) mass is 305 g/mol. The first-order valence-electron chi connectivity index (χ1n) is 6.09. The van der Waals surface area contributed by atoms with Gasteiger partial charge in [-0.25, -0.2) is 17.9 Å². The molecule has 0 spiro atoms. The summed E-state index contributed by atoms with van der Waals surface area (Å²) in [7, 11) is -3.98. The molecule has 0 saturated carbocycles. The first-order valence-corrected chi connectivity index (χ1v) is 7.57. The molecule has 114 valence electrons. The maximum absolute atomic E-state index is 11.9. The third kappa shape index (κ3) is 4.62. The highest BCUT2D eigenvalue weighted by Gasteiger charge is 2.27. The van der Waals surface area contributed by atoms with E-state index in [2.05, 4.69) is 4.72 Å². The van der Waals surface area contributed by atoms with Gasteiger partial charge in [0.2, 0.25) is 10.9 Å². The zero-order valence-corrected chi connectivity index (χ0v) is 12.4. The number of carbonyl (C=O) groups is 1. The van der Waals surface area contributed by atoms with Crippen LogP contribution in [-0.2, 0) is 10.0 Å². The van der Waals surface area contributed by atoms with E-state index in [4.69, 9.17) is 9.52 Å². The number of hydrogen-bond donors (Lipinski definition) is 3. The van der Waals surface area contributed by atoms with E-state index in [9.17, 15) is 18.3 Å². The summed E-state index contributed by atoms with van der Waals surface area (Å²) < 4.78 is 30.7. The summed E-state index contributed by atoms with van der Waals surface area (Å²) in [6, 6.07) is 2.12. The van der Waals surface area contributed by atoms with Crippen LogP contribution in [0.15, 0.2) is 21.6 Å². The first-order chi connectivity index (χ1) is 9.03. The van der Waals surface area contributed by atoms with E-state index in [1.807, 2.05) is 13.8 Å². The van der Waals surface area contributed by atoms with E-state index >= 15 is 0 Å². The van der Waals surface area contributed by atoms with Gasteiger partial charge in [-0.05, 0) is 31.4 Å². The summed E-state index contributed by atoms with van der Waals surface area (Å²) in [6.45, 7) is 5.17. The summed E-state index contributed by atoms with van der Waals surface area (Å²) in [5, 5.41) is 18.2. The molecule has 0 aliphatic carbocycles. The molecular formula is C12H19NO6S. The normalized spacial score (nSPS) is 15.2. The molecule has 1 aromatic rings. The molecule has 8 heteroatoms. The average Bonchev–Trinajstić information content (AvgIpc) is 2.75. The molecule has 1 atom stereocenters. The van der Waals surface area contributed by atoms with E-state index in [1.165, 1.54) is 6.92 Å². The van der Waals surface area contributed by atoms with Crippen molar-refractivity contribution in [1.82, 2.24) is 4.72 Å². The SMILES string of the molecule is CC(C)CC(C)(O)CNS(=O)(=O)c1ccc(C(=O)O)o1. The standard InChI is InChI=1S/C12H19NO6S/c1-8(2)6-12(3,16)7-13-20(17,18)10-5-4-9(19-10)11(14)15/h4-5,8,13,16H,6-7H2,1-3H3,(H,14,15). The highest BCUT2D eigenvalue weighted by molar-refractivity contribution is 7.89. The van der Waals surface area contributed by atoms with Gasteiger partial charge >= 0.3 is 5.97 Å². The lowest BCUT2D eigenvalue weighted by Crippen LogP contribution is -2.41. The Kier molecular flexibility index (Phi) is 4.95. The van der Waals surface area contributed by atoms with Gasteiger partial charge in [-0.15, -0.1) is 0 Å². The van der Waals surface area contributed by atoms with Gasteiger partial charge in [0.1, 0.15) is 0 Å². The minimum atomic E-state index is -3.98. The van der Waals surface area contributed by atoms with Crippen molar-refractivity contribution in [2.24, 2.45) is 5.92 Å². The molecule has 0 radical (unpaired) electrons. The molecule has 7 nitrogen and oxygen atoms in total. The van der Waals surface area contributed by atoms with Crippen LogP contribution in [0.1, 0.15) is 37.7 Å². The van der Waals surface area contributed by atoms with Crippen LogP contribution in [0.3, 0.4) is 0 Å². The summed E-state index contributed by atoms with van der Waals surface area (Å²) in [4.78, 5) is 10.6. The molecule has 1 unspecified atom stereocenters. The molecule has 0 aromatic carbocycles. The highest BCUT2D eigenvalue weighted by atomic mass is 32.2. The number of aromatic carboxylic acids is 1. The van der Waals surface area contributed by atoms with Gasteiger partial charge in [-0.2, -0.15) is 0 Å². The van der Waals surface area contributed by atoms with Gasteiger partial charge in [-0.3, -0.25) is 0 Å². The second-order valence-electron chi connectivity index (χ2n) is 5.34. The van der Waals surface area contributed by atoms with Crippen LogP contribution in [0.5, 0.6) is 0 Å². The van der Waals surface area contributed by atoms with E-state index in [-0.39, 0.29) is 12.5 Å². The Bertz CT molecular complexity index is 573. The Morgan fingerprint density at radius 3 is 2.50 bits per heavy atom. The Morgan fingerprint density at radius 2 is 2.05 bits per heavy atom. The van der Waals surface area contributed by atoms with E-state index in [0.717, 1.165) is 12.1 Å². The zero-order chi connectivity index (χ0) is 15.6. The third-order valence-electron chi connectivity index (χ3n) is 2.55. The Morgan fingerprint density at radius 1 is 1.45 bits per heavy atom. The highest BCUT2D eigenvalue weighted by Crippen LogP contribution is 2.18. The Labute approximate surface area is 117 Å². The molecule has 1 aromatic heterocycles. The number of carboxylic acid groups (broad SMARTS) is 1. The Hall–Kier alpha value is -1.38. The van der Waals surface area contributed by atoms with Crippen molar-refractivity contribution in [3.8, 4) is 0 Å². The lowest BCUT2D eigenvalue weighted by Gasteiger charge is -2.25. The van der Waals surface area contributed by atoms with Gasteiger partial charge < -0.3 is 14.6 Å². The molecule has 0 aliphatic rings. The minimum Gasteiger partial charge on any atom is -0.475 e. The largest absolute Gasteiger partial charge is 0.475 e. The minimum absolute atomic E-state index is 0.184. The molecule has 0 fully saturated rings. The summed E-state index contributed by atoms with van der Waals surface area (Å²) in [5.74, 6) is -1.60. The van der Waals surface area contributed by atoms with Crippen LogP contribution in [0.4, 0.5) is 0 Å². The first kappa shape index (κ1) is 16.7. The van der Waals surface area contributed by atoms with E-state index in [1.54, 1.807) is 0 Å². The predicted molar refractivity (Wildman–Crippen MR) is 70.9 cm³/mol. The lowest BCUT2D eigenvalue weighted by molar-refractivity contribution is 0.0435. The third-order valence-corrected chi connectivity index (χ3v) is 3.82. The van der Waals surface area contributed by atoms with Crippen molar-refractivity contribution in [1.29, 1.82) is 0 Å². The molecule has 1 heterocycles. The van der Waals surface area contributed by atoms with Crippen LogP contribution in [-0.4, -0.2) is 36.7 Å². The summed E-state index contributed by atoms with van der Waals surface area (Å²) >= 11 is 0. The second-order valence-corrected chi connectivity index (χ2v) is 7.04. The summed E-state index contributed by atoms with van der Waals surface area (Å²) in [6.07, 6.45) is 0.425. The lowest BCUT2D eigenvalue weighted by atomic mass is 9.95. The van der Waals surface area contributed by atoms with Crippen LogP contribution < -0.4 is 4.72 Å². The quantitative estimate of drug-likeness (QED) is 0.693. The zero-order valence-electron chi connectivity index (χ0n) is 11.6. The van der Waals surface area contributed by atoms with Crippen LogP contribution in [0.2, 0.25) is 0 Å². The number of carboxylic acids is 1. The number of furan rings is 1. The van der Waals surface area contributed by atoms with Crippen molar-refractivity contribution in [3.05, 3.63) is 17.9 Å². The molecule has 3 N–H and O–H groups in total. The van der Waals surface area contributed by atoms with Crippen molar-refractivity contribution < 1.29 is 27.8 Å². The maximum atomic E-state index is 11.9. The number of rotatable bonds is 7. The number of hydrogen-bond acceptors (Lipinski definition) is 5. The van der Waals surface area contributed by atoms with E-state index < -0.39 is 32.4 Å². The van der Waals surface area contributed by atoms with Gasteiger partial charge in [0.15, 0.2) is 0 Å². The van der Waals surface area contributed by atoms with Crippen molar-refractivity contribution in [3.63, 3.8) is 0 Å². The predicted octanol–water partition coefficient (Wildman–Crippen LogP) is 1.05. The van der Waals surface area contributed by atoms with E-state index in [0.29, 0.717) is 6.42 Å². The smallest absolute Gasteiger partial charge is 0.371 e. The fourth-order valence-electron chi connectivity index (χ4n) is 1.85. The second kappa shape index (κ2) is 5.94. The maximum Gasteiger partial charge on any atom is 0.371 e. The fourth-order valence-corrected chi connectivity index (χ4v) is 2.94. The van der Waals surface area contributed by atoms with Gasteiger partial charge in [0.05, 0.1) is 5.60 Å². The van der Waals surface area contributed by atoms with Gasteiger partial charge in [0, 0.05) is 6.54 Å². The Balaban J connectivity index is 2.77. The molecule has 0 bridgehead atoms. The van der Waals surface area contributed by atoms with Crippen LogP contribution in [0, 0.1) is 5.92 Å². The molecule has 1 rings (SSSR count). The molecule has 0 amide bonds. The fraction of sp³-hybridized carbons (Fsp3) is 0.583. The van der Waals surface area contributed by atoms with Crippen molar-refractivity contribution in [2.75, 3.05) is 6.54 Å².